The van der Waals surface area contributed by atoms with Crippen LogP contribution in [0.2, 0.25) is 0 Å². The Morgan fingerprint density at radius 2 is 1.58 bits per heavy atom. The van der Waals surface area contributed by atoms with Crippen LogP contribution in [0.5, 0.6) is 5.75 Å². The largest absolute Gasteiger partial charge is 0.476 e. The SMILES string of the molecule is O=C([C@H]1CN(C(=O)c2ccc(-n3cccc3)cc2)c2ccccc2O1)N1CCOCC1. The fourth-order valence-electron chi connectivity index (χ4n) is 3.98. The first-order valence-corrected chi connectivity index (χ1v) is 10.4. The maximum absolute atomic E-state index is 13.4. The maximum Gasteiger partial charge on any atom is 0.265 e. The van der Waals surface area contributed by atoms with Gasteiger partial charge in [0.05, 0.1) is 25.4 Å². The van der Waals surface area contributed by atoms with Gasteiger partial charge in [0.25, 0.3) is 11.8 Å². The van der Waals surface area contributed by atoms with Gasteiger partial charge in [-0.25, -0.2) is 0 Å². The summed E-state index contributed by atoms with van der Waals surface area (Å²) >= 11 is 0. The molecule has 2 aromatic carbocycles. The van der Waals surface area contributed by atoms with E-state index in [9.17, 15) is 9.59 Å². The van der Waals surface area contributed by atoms with Crippen LogP contribution in [0.1, 0.15) is 10.4 Å². The Morgan fingerprint density at radius 1 is 0.871 bits per heavy atom. The van der Waals surface area contributed by atoms with E-state index in [2.05, 4.69) is 0 Å². The van der Waals surface area contributed by atoms with Gasteiger partial charge in [0.2, 0.25) is 0 Å². The van der Waals surface area contributed by atoms with Crippen LogP contribution in [0, 0.1) is 0 Å². The Bertz CT molecular complexity index is 1070. The van der Waals surface area contributed by atoms with E-state index in [1.165, 1.54) is 0 Å². The third-order valence-corrected chi connectivity index (χ3v) is 5.63. The van der Waals surface area contributed by atoms with Gasteiger partial charge in [-0.15, -0.1) is 0 Å². The summed E-state index contributed by atoms with van der Waals surface area (Å²) in [5.74, 6) is 0.269. The van der Waals surface area contributed by atoms with Crippen LogP contribution in [0.3, 0.4) is 0 Å². The summed E-state index contributed by atoms with van der Waals surface area (Å²) in [6, 6.07) is 18.7. The molecule has 1 atom stereocenters. The van der Waals surface area contributed by atoms with Gasteiger partial charge in [0.1, 0.15) is 5.75 Å². The molecule has 0 saturated carbocycles. The predicted molar refractivity (Wildman–Crippen MR) is 116 cm³/mol. The molecular formula is C24H23N3O4. The van der Waals surface area contributed by atoms with E-state index in [0.717, 1.165) is 5.69 Å². The number of ether oxygens (including phenoxy) is 2. The summed E-state index contributed by atoms with van der Waals surface area (Å²) in [4.78, 5) is 29.9. The van der Waals surface area contributed by atoms with Crippen molar-refractivity contribution in [2.75, 3.05) is 37.7 Å². The quantitative estimate of drug-likeness (QED) is 0.658. The van der Waals surface area contributed by atoms with E-state index in [4.69, 9.17) is 9.47 Å². The van der Waals surface area contributed by atoms with Gasteiger partial charge >= 0.3 is 0 Å². The Labute approximate surface area is 180 Å². The van der Waals surface area contributed by atoms with Crippen molar-refractivity contribution < 1.29 is 19.1 Å². The summed E-state index contributed by atoms with van der Waals surface area (Å²) in [6.45, 7) is 2.28. The van der Waals surface area contributed by atoms with Crippen LogP contribution in [-0.4, -0.2) is 60.2 Å². The summed E-state index contributed by atoms with van der Waals surface area (Å²) in [5.41, 5.74) is 2.21. The highest BCUT2D eigenvalue weighted by Crippen LogP contribution is 2.34. The number of para-hydroxylation sites is 2. The average molecular weight is 417 g/mol. The van der Waals surface area contributed by atoms with E-state index in [-0.39, 0.29) is 18.4 Å². The number of carbonyl (C=O) groups excluding carboxylic acids is 2. The molecule has 7 nitrogen and oxygen atoms in total. The zero-order valence-electron chi connectivity index (χ0n) is 17.0. The summed E-state index contributed by atoms with van der Waals surface area (Å²) in [5, 5.41) is 0. The van der Waals surface area contributed by atoms with Crippen molar-refractivity contribution in [2.24, 2.45) is 0 Å². The Kier molecular flexibility index (Phi) is 5.18. The van der Waals surface area contributed by atoms with Crippen molar-refractivity contribution in [3.8, 4) is 11.4 Å². The van der Waals surface area contributed by atoms with E-state index in [1.54, 1.807) is 15.9 Å². The Hall–Kier alpha value is -3.58. The number of fused-ring (bicyclic) bond motifs is 1. The number of benzene rings is 2. The van der Waals surface area contributed by atoms with E-state index in [0.29, 0.717) is 43.3 Å². The zero-order chi connectivity index (χ0) is 21.2. The molecule has 1 saturated heterocycles. The van der Waals surface area contributed by atoms with Crippen molar-refractivity contribution in [3.05, 3.63) is 78.6 Å². The molecule has 3 heterocycles. The van der Waals surface area contributed by atoms with Crippen molar-refractivity contribution >= 4 is 17.5 Å². The summed E-state index contributed by atoms with van der Waals surface area (Å²) in [6.07, 6.45) is 3.17. The molecule has 0 N–H and O–H groups in total. The Balaban J connectivity index is 1.41. The number of nitrogens with zero attached hydrogens (tertiary/aromatic N) is 3. The van der Waals surface area contributed by atoms with Gasteiger partial charge in [0, 0.05) is 36.7 Å². The van der Waals surface area contributed by atoms with Gasteiger partial charge in [-0.3, -0.25) is 9.59 Å². The van der Waals surface area contributed by atoms with Crippen molar-refractivity contribution in [2.45, 2.75) is 6.10 Å². The topological polar surface area (TPSA) is 64.0 Å². The fraction of sp³-hybridized carbons (Fsp3) is 0.250. The van der Waals surface area contributed by atoms with Gasteiger partial charge < -0.3 is 23.8 Å². The number of anilines is 1. The first kappa shape index (κ1) is 19.4. The molecule has 7 heteroatoms. The van der Waals surface area contributed by atoms with Gasteiger partial charge in [-0.05, 0) is 48.5 Å². The minimum Gasteiger partial charge on any atom is -0.476 e. The van der Waals surface area contributed by atoms with Crippen LogP contribution in [0.25, 0.3) is 5.69 Å². The van der Waals surface area contributed by atoms with Gasteiger partial charge in [-0.2, -0.15) is 0 Å². The van der Waals surface area contributed by atoms with Crippen LogP contribution >= 0.6 is 0 Å². The Morgan fingerprint density at radius 3 is 2.32 bits per heavy atom. The second-order valence-electron chi connectivity index (χ2n) is 7.56. The first-order chi connectivity index (χ1) is 15.2. The van der Waals surface area contributed by atoms with E-state index in [1.807, 2.05) is 71.6 Å². The average Bonchev–Trinajstić information content (AvgIpc) is 3.38. The lowest BCUT2D eigenvalue weighted by Crippen LogP contribution is -2.54. The number of hydrogen-bond acceptors (Lipinski definition) is 4. The van der Waals surface area contributed by atoms with E-state index < -0.39 is 6.10 Å². The molecule has 2 amide bonds. The molecule has 1 fully saturated rings. The molecule has 3 aromatic rings. The van der Waals surface area contributed by atoms with Crippen molar-refractivity contribution in [1.82, 2.24) is 9.47 Å². The highest BCUT2D eigenvalue weighted by Gasteiger charge is 2.36. The summed E-state index contributed by atoms with van der Waals surface area (Å²) < 4.78 is 13.3. The third-order valence-electron chi connectivity index (χ3n) is 5.63. The van der Waals surface area contributed by atoms with Gasteiger partial charge in [-0.1, -0.05) is 12.1 Å². The zero-order valence-corrected chi connectivity index (χ0v) is 17.0. The summed E-state index contributed by atoms with van der Waals surface area (Å²) in [7, 11) is 0. The van der Waals surface area contributed by atoms with Crippen LogP contribution < -0.4 is 9.64 Å². The van der Waals surface area contributed by atoms with Crippen molar-refractivity contribution in [1.29, 1.82) is 0 Å². The fourth-order valence-corrected chi connectivity index (χ4v) is 3.98. The molecule has 1 aromatic heterocycles. The molecule has 2 aliphatic heterocycles. The second-order valence-corrected chi connectivity index (χ2v) is 7.56. The molecule has 5 rings (SSSR count). The molecule has 0 bridgehead atoms. The third kappa shape index (κ3) is 3.80. The maximum atomic E-state index is 13.4. The minimum atomic E-state index is -0.740. The number of hydrogen-bond donors (Lipinski definition) is 0. The lowest BCUT2D eigenvalue weighted by molar-refractivity contribution is -0.142. The highest BCUT2D eigenvalue weighted by atomic mass is 16.5. The molecule has 0 radical (unpaired) electrons. The first-order valence-electron chi connectivity index (χ1n) is 10.4. The molecule has 31 heavy (non-hydrogen) atoms. The van der Waals surface area contributed by atoms with Crippen molar-refractivity contribution in [3.63, 3.8) is 0 Å². The number of rotatable bonds is 3. The van der Waals surface area contributed by atoms with Crippen LogP contribution in [0.4, 0.5) is 5.69 Å². The molecule has 0 spiro atoms. The smallest absolute Gasteiger partial charge is 0.265 e. The molecule has 2 aliphatic rings. The second kappa shape index (κ2) is 8.28. The number of aromatic nitrogens is 1. The molecule has 0 unspecified atom stereocenters. The highest BCUT2D eigenvalue weighted by molar-refractivity contribution is 6.08. The standard InChI is InChI=1S/C24H23N3O4/c28-23(18-7-9-19(10-8-18)25-11-3-4-12-25)27-17-22(24(29)26-13-15-30-16-14-26)31-21-6-2-1-5-20(21)27/h1-12,22H,13-17H2/t22-/m1/s1. The monoisotopic (exact) mass is 417 g/mol. The molecule has 158 valence electrons. The number of amides is 2. The van der Waals surface area contributed by atoms with Crippen LogP contribution in [-0.2, 0) is 9.53 Å². The van der Waals surface area contributed by atoms with Crippen LogP contribution in [0.15, 0.2) is 73.1 Å². The molecular weight excluding hydrogens is 394 g/mol. The van der Waals surface area contributed by atoms with E-state index >= 15 is 0 Å². The number of morpholine rings is 1. The normalized spacial score (nSPS) is 18.3. The predicted octanol–water partition coefficient (Wildman–Crippen LogP) is 2.74. The lowest BCUT2D eigenvalue weighted by atomic mass is 10.1. The lowest BCUT2D eigenvalue weighted by Gasteiger charge is -2.37. The minimum absolute atomic E-state index is 0.112. The molecule has 0 aliphatic carbocycles. The van der Waals surface area contributed by atoms with Gasteiger partial charge in [0.15, 0.2) is 6.10 Å². The number of carbonyl (C=O) groups is 2.